The molecule has 4 aromatic carbocycles. The number of aliphatic hydroxyl groups excluding tert-OH is 1. The minimum absolute atomic E-state index is 0.0153. The number of amides is 3. The fourth-order valence-corrected chi connectivity index (χ4v) is 10.2. The molecule has 2 aliphatic heterocycles. The van der Waals surface area contributed by atoms with E-state index in [-0.39, 0.29) is 31.2 Å². The van der Waals surface area contributed by atoms with Crippen LogP contribution in [0, 0.1) is 25.8 Å². The van der Waals surface area contributed by atoms with Crippen molar-refractivity contribution in [3.8, 4) is 21.9 Å². The van der Waals surface area contributed by atoms with Gasteiger partial charge in [0.1, 0.15) is 23.6 Å². The number of anilines is 1. The molecule has 0 bridgehead atoms. The molecule has 0 spiro atoms. The number of nitrogens with zero attached hydrogens (tertiary/aromatic N) is 4. The Hall–Kier alpha value is -6.47. The number of aliphatic hydroxyl groups is 1. The van der Waals surface area contributed by atoms with Gasteiger partial charge in [-0.25, -0.2) is 9.83 Å². The van der Waals surface area contributed by atoms with Crippen LogP contribution >= 0.6 is 23.6 Å². The summed E-state index contributed by atoms with van der Waals surface area (Å²) in [5.41, 5.74) is 6.50. The summed E-state index contributed by atoms with van der Waals surface area (Å²) in [6.07, 6.45) is 1.70. The van der Waals surface area contributed by atoms with Crippen LogP contribution in [0.5, 0.6) is 11.5 Å². The Morgan fingerprint density at radius 3 is 2.16 bits per heavy atom. The van der Waals surface area contributed by atoms with Crippen LogP contribution in [-0.2, 0) is 20.9 Å². The summed E-state index contributed by atoms with van der Waals surface area (Å²) in [6, 6.07) is 25.9. The minimum atomic E-state index is -0.971. The second-order valence-corrected chi connectivity index (χ2v) is 20.6. The standard InChI is InChI=1S/C54H60N6O7S2/c1-33-28-38(18-25-43(33)55-8)45-48(62)54(6,7)60(52(45)68)39-19-23-42(24-20-39)67-27-11-9-10-26-66-41-21-16-37(17-22-41)49(63)58-47(53(3,4)5)51(65)59-31-40(61)29-44(59)50(64)56-30-35-12-14-36(15-13-35)46-34(2)57-32-69-46/h12-25,28,32,40,44-45,47,61H,9-11,26-27,29-31H2,1-7H3,(H,56,64)(H,58,63)/t40-,44+,45?,47-/m1/s1. The first-order valence-electron chi connectivity index (χ1n) is 23.3. The first kappa shape index (κ1) is 50.4. The van der Waals surface area contributed by atoms with E-state index in [2.05, 4.69) is 20.5 Å². The molecule has 0 radical (unpaired) electrons. The second kappa shape index (κ2) is 21.4. The molecule has 360 valence electrons. The van der Waals surface area contributed by atoms with E-state index in [0.717, 1.165) is 57.8 Å². The van der Waals surface area contributed by atoms with Gasteiger partial charge in [-0.1, -0.05) is 75.5 Å². The third kappa shape index (κ3) is 11.5. The first-order valence-corrected chi connectivity index (χ1v) is 24.5. The summed E-state index contributed by atoms with van der Waals surface area (Å²) in [5, 5.41) is 16.5. The van der Waals surface area contributed by atoms with Crippen molar-refractivity contribution < 1.29 is 33.8 Å². The lowest BCUT2D eigenvalue weighted by atomic mass is 9.85. The van der Waals surface area contributed by atoms with Crippen LogP contribution in [-0.4, -0.2) is 87.0 Å². The van der Waals surface area contributed by atoms with Gasteiger partial charge in [0.25, 0.3) is 5.91 Å². The lowest BCUT2D eigenvalue weighted by Gasteiger charge is -2.35. The van der Waals surface area contributed by atoms with Gasteiger partial charge in [0.15, 0.2) is 11.5 Å². The number of β-amino-alcohol motifs (C(OH)–C–C–N with tert-alkyl or cyclic N) is 1. The maximum atomic E-state index is 14.1. The number of carbonyl (C=O) groups excluding carboxylic acids is 4. The third-order valence-electron chi connectivity index (χ3n) is 12.8. The highest BCUT2D eigenvalue weighted by molar-refractivity contribution is 7.80. The summed E-state index contributed by atoms with van der Waals surface area (Å²) in [4.78, 5) is 67.7. The van der Waals surface area contributed by atoms with Crippen molar-refractivity contribution in [3.63, 3.8) is 0 Å². The van der Waals surface area contributed by atoms with E-state index in [1.54, 1.807) is 41.7 Å². The molecule has 1 unspecified atom stereocenters. The van der Waals surface area contributed by atoms with Crippen molar-refractivity contribution in [2.75, 3.05) is 24.7 Å². The topological polar surface area (TPSA) is 155 Å². The highest BCUT2D eigenvalue weighted by Gasteiger charge is 2.51. The molecule has 5 aromatic rings. The van der Waals surface area contributed by atoms with Gasteiger partial charge in [-0.05, 0) is 123 Å². The number of thiocarbonyl (C=S) groups is 1. The molecule has 3 N–H and O–H groups in total. The summed E-state index contributed by atoms with van der Waals surface area (Å²) < 4.78 is 12.0. The molecule has 4 atom stereocenters. The van der Waals surface area contributed by atoms with Gasteiger partial charge in [0.05, 0.1) is 58.4 Å². The number of benzene rings is 4. The van der Waals surface area contributed by atoms with Crippen molar-refractivity contribution in [2.45, 2.75) is 110 Å². The smallest absolute Gasteiger partial charge is 0.251 e. The van der Waals surface area contributed by atoms with Crippen molar-refractivity contribution in [3.05, 3.63) is 136 Å². The van der Waals surface area contributed by atoms with Gasteiger partial charge in [-0.3, -0.25) is 19.2 Å². The Morgan fingerprint density at radius 2 is 1.58 bits per heavy atom. The van der Waals surface area contributed by atoms with Crippen molar-refractivity contribution >= 4 is 63.4 Å². The molecule has 13 nitrogen and oxygen atoms in total. The van der Waals surface area contributed by atoms with Gasteiger partial charge >= 0.3 is 0 Å². The Labute approximate surface area is 414 Å². The molecule has 2 fully saturated rings. The predicted octanol–water partition coefficient (Wildman–Crippen LogP) is 9.31. The van der Waals surface area contributed by atoms with Crippen LogP contribution in [0.1, 0.15) is 99.0 Å². The third-order valence-corrected chi connectivity index (χ3v) is 14.2. The molecule has 1 aromatic heterocycles. The molecular weight excluding hydrogens is 909 g/mol. The number of carbonyl (C=O) groups is 4. The maximum Gasteiger partial charge on any atom is 0.251 e. The van der Waals surface area contributed by atoms with E-state index in [0.29, 0.717) is 41.0 Å². The highest BCUT2D eigenvalue weighted by Crippen LogP contribution is 2.42. The molecule has 7 rings (SSSR count). The lowest BCUT2D eigenvalue weighted by Crippen LogP contribution is -2.57. The Morgan fingerprint density at radius 1 is 0.942 bits per heavy atom. The number of unbranched alkanes of at least 4 members (excludes halogenated alkanes) is 2. The maximum absolute atomic E-state index is 14.1. The van der Waals surface area contributed by atoms with Gasteiger partial charge in [0, 0.05) is 30.8 Å². The zero-order valence-electron chi connectivity index (χ0n) is 40.2. The largest absolute Gasteiger partial charge is 0.494 e. The van der Waals surface area contributed by atoms with Gasteiger partial charge in [0.2, 0.25) is 11.8 Å². The second-order valence-electron chi connectivity index (χ2n) is 19.3. The van der Waals surface area contributed by atoms with Crippen LogP contribution < -0.4 is 25.0 Å². The van der Waals surface area contributed by atoms with Crippen molar-refractivity contribution in [1.82, 2.24) is 20.5 Å². The number of aromatic nitrogens is 1. The number of aryl methyl sites for hydroxylation is 2. The van der Waals surface area contributed by atoms with E-state index < -0.39 is 46.9 Å². The SMILES string of the molecule is [C-]#[N+]c1ccc(C2C(=O)C(C)(C)N(c3ccc(OCCCCCOc4ccc(C(=O)N[C@H](C(=O)N5C[C@H](O)C[C@H]5C(=O)NCc5ccc(-c6scnc6C)cc5)C(C)(C)C)cc4)cc3)C2=S)cc1C. The normalized spacial score (nSPS) is 18.2. The molecule has 3 heterocycles. The number of thiazole rings is 1. The highest BCUT2D eigenvalue weighted by atomic mass is 32.1. The molecule has 0 aliphatic carbocycles. The van der Waals surface area contributed by atoms with E-state index in [9.17, 15) is 24.3 Å². The van der Waals surface area contributed by atoms with E-state index in [4.69, 9.17) is 28.3 Å². The summed E-state index contributed by atoms with van der Waals surface area (Å²) in [6.45, 7) is 21.8. The van der Waals surface area contributed by atoms with Gasteiger partial charge in [-0.2, -0.15) is 0 Å². The number of nitrogens with one attached hydrogen (secondary N) is 2. The van der Waals surface area contributed by atoms with Crippen LogP contribution in [0.25, 0.3) is 15.3 Å². The molecule has 2 aliphatic rings. The summed E-state index contributed by atoms with van der Waals surface area (Å²) in [5.74, 6) is -0.467. The van der Waals surface area contributed by atoms with E-state index in [1.165, 1.54) is 4.90 Å². The molecule has 15 heteroatoms. The van der Waals surface area contributed by atoms with E-state index >= 15 is 0 Å². The lowest BCUT2D eigenvalue weighted by molar-refractivity contribution is -0.142. The van der Waals surface area contributed by atoms with Gasteiger partial charge < -0.3 is 35.0 Å². The molecular formula is C54H60N6O7S2. The van der Waals surface area contributed by atoms with Gasteiger partial charge in [-0.15, -0.1) is 11.3 Å². The number of hydrogen-bond acceptors (Lipinski definition) is 10. The fraction of sp³-hybridized carbons (Fsp3) is 0.389. The number of Topliss-reactive ketones (excluding diaryl/α,β-unsaturated/α-hetero) is 1. The zero-order valence-corrected chi connectivity index (χ0v) is 41.8. The number of hydrogen-bond donors (Lipinski definition) is 3. The molecule has 2 saturated heterocycles. The zero-order chi connectivity index (χ0) is 49.6. The molecule has 3 amide bonds. The van der Waals surface area contributed by atoms with Crippen LogP contribution in [0.3, 0.4) is 0 Å². The van der Waals surface area contributed by atoms with Crippen LogP contribution in [0.2, 0.25) is 0 Å². The monoisotopic (exact) mass is 968 g/mol. The first-order chi connectivity index (χ1) is 32.9. The average molecular weight is 969 g/mol. The van der Waals surface area contributed by atoms with Crippen LogP contribution in [0.4, 0.5) is 11.4 Å². The Bertz CT molecular complexity index is 2720. The predicted molar refractivity (Wildman–Crippen MR) is 273 cm³/mol. The summed E-state index contributed by atoms with van der Waals surface area (Å²) in [7, 11) is 0. The van der Waals surface area contributed by atoms with Crippen molar-refractivity contribution in [2.24, 2.45) is 5.41 Å². The Balaban J connectivity index is 0.839. The fourth-order valence-electron chi connectivity index (χ4n) is 8.86. The van der Waals surface area contributed by atoms with E-state index in [1.807, 2.05) is 120 Å². The van der Waals surface area contributed by atoms with Crippen molar-refractivity contribution in [1.29, 1.82) is 0 Å². The summed E-state index contributed by atoms with van der Waals surface area (Å²) >= 11 is 7.48. The molecule has 69 heavy (non-hydrogen) atoms. The molecule has 0 saturated carbocycles. The number of likely N-dealkylation sites (tertiary alicyclic amines) is 1. The Kier molecular flexibility index (Phi) is 15.7. The number of rotatable bonds is 17. The van der Waals surface area contributed by atoms with Crippen LogP contribution in [0.15, 0.2) is 96.5 Å². The number of ether oxygens (including phenoxy) is 2. The quantitative estimate of drug-likeness (QED) is 0.0467. The minimum Gasteiger partial charge on any atom is -0.494 e. The average Bonchev–Trinajstić information content (AvgIpc) is 3.99. The number of ketones is 1.